The highest BCUT2D eigenvalue weighted by atomic mass is 19.1. The summed E-state index contributed by atoms with van der Waals surface area (Å²) < 4.78 is 18.6. The van der Waals surface area contributed by atoms with Crippen LogP contribution < -0.4 is 20.3 Å². The van der Waals surface area contributed by atoms with Crippen molar-refractivity contribution in [1.82, 2.24) is 10.6 Å². The minimum Gasteiger partial charge on any atom is -0.492 e. The van der Waals surface area contributed by atoms with Crippen LogP contribution in [0.3, 0.4) is 0 Å². The maximum Gasteiger partial charge on any atom is 0.191 e. The van der Waals surface area contributed by atoms with Crippen LogP contribution in [0.1, 0.15) is 6.42 Å². The molecule has 1 aliphatic heterocycles. The zero-order valence-corrected chi connectivity index (χ0v) is 15.0. The average Bonchev–Trinajstić information content (AvgIpc) is 3.13. The van der Waals surface area contributed by atoms with Crippen LogP contribution in [-0.4, -0.2) is 45.3 Å². The molecule has 3 rings (SSSR count). The molecule has 2 N–H and O–H groups in total. The molecule has 1 saturated heterocycles. The van der Waals surface area contributed by atoms with Crippen LogP contribution >= 0.6 is 0 Å². The topological polar surface area (TPSA) is 48.9 Å². The van der Waals surface area contributed by atoms with Crippen LogP contribution in [0, 0.1) is 5.82 Å². The minimum absolute atomic E-state index is 0.294. The number of para-hydroxylation sites is 1. The van der Waals surface area contributed by atoms with E-state index in [2.05, 4.69) is 44.8 Å². The Kier molecular flexibility index (Phi) is 6.30. The SMILES string of the molecule is CN=C(NCCOc1cccc(F)c1)NC1CCN(c2ccccc2)C1. The summed E-state index contributed by atoms with van der Waals surface area (Å²) >= 11 is 0. The van der Waals surface area contributed by atoms with E-state index >= 15 is 0 Å². The lowest BCUT2D eigenvalue weighted by atomic mass is 10.3. The molecule has 1 unspecified atom stereocenters. The van der Waals surface area contributed by atoms with Crippen LogP contribution in [0.15, 0.2) is 59.6 Å². The third-order valence-corrected chi connectivity index (χ3v) is 4.33. The Bertz CT molecular complexity index is 723. The fourth-order valence-corrected chi connectivity index (χ4v) is 3.03. The number of hydrogen-bond donors (Lipinski definition) is 2. The molecule has 0 saturated carbocycles. The van der Waals surface area contributed by atoms with E-state index in [9.17, 15) is 4.39 Å². The highest BCUT2D eigenvalue weighted by Gasteiger charge is 2.23. The molecular formula is C20H25FN4O. The van der Waals surface area contributed by atoms with Gasteiger partial charge in [-0.05, 0) is 30.7 Å². The summed E-state index contributed by atoms with van der Waals surface area (Å²) in [5.74, 6) is 0.994. The van der Waals surface area contributed by atoms with Gasteiger partial charge in [-0.3, -0.25) is 4.99 Å². The van der Waals surface area contributed by atoms with Crippen LogP contribution in [0.5, 0.6) is 5.75 Å². The van der Waals surface area contributed by atoms with Gasteiger partial charge in [0.15, 0.2) is 5.96 Å². The van der Waals surface area contributed by atoms with Gasteiger partial charge in [0.1, 0.15) is 18.2 Å². The van der Waals surface area contributed by atoms with E-state index in [-0.39, 0.29) is 5.82 Å². The predicted molar refractivity (Wildman–Crippen MR) is 103 cm³/mol. The van der Waals surface area contributed by atoms with E-state index in [4.69, 9.17) is 4.74 Å². The first-order valence-corrected chi connectivity index (χ1v) is 8.90. The molecule has 1 heterocycles. The number of halogens is 1. The number of guanidine groups is 1. The van der Waals surface area contributed by atoms with Crippen LogP contribution in [0.2, 0.25) is 0 Å². The summed E-state index contributed by atoms with van der Waals surface area (Å²) in [4.78, 5) is 6.64. The first-order valence-electron chi connectivity index (χ1n) is 8.90. The standard InChI is InChI=1S/C20H25FN4O/c1-22-20(23-11-13-26-19-9-5-6-16(21)14-19)24-17-10-12-25(15-17)18-7-3-2-4-8-18/h2-9,14,17H,10-13,15H2,1H3,(H2,22,23,24). The van der Waals surface area contributed by atoms with E-state index in [1.54, 1.807) is 19.2 Å². The number of hydrogen-bond acceptors (Lipinski definition) is 3. The Balaban J connectivity index is 1.40. The van der Waals surface area contributed by atoms with E-state index in [0.29, 0.717) is 24.9 Å². The van der Waals surface area contributed by atoms with Gasteiger partial charge < -0.3 is 20.3 Å². The van der Waals surface area contributed by atoms with Crippen molar-refractivity contribution in [3.8, 4) is 5.75 Å². The lowest BCUT2D eigenvalue weighted by molar-refractivity contribution is 0.320. The molecule has 2 aromatic rings. The van der Waals surface area contributed by atoms with E-state index in [1.807, 2.05) is 6.07 Å². The van der Waals surface area contributed by atoms with Crippen LogP contribution in [0.4, 0.5) is 10.1 Å². The molecular weight excluding hydrogens is 331 g/mol. The van der Waals surface area contributed by atoms with E-state index < -0.39 is 0 Å². The summed E-state index contributed by atoms with van der Waals surface area (Å²) in [5, 5.41) is 6.69. The number of nitrogens with zero attached hydrogens (tertiary/aromatic N) is 2. The van der Waals surface area contributed by atoms with Gasteiger partial charge in [-0.25, -0.2) is 4.39 Å². The molecule has 2 aromatic carbocycles. The molecule has 1 fully saturated rings. The average molecular weight is 356 g/mol. The Hall–Kier alpha value is -2.76. The van der Waals surface area contributed by atoms with Crippen LogP contribution in [-0.2, 0) is 0 Å². The fraction of sp³-hybridized carbons (Fsp3) is 0.350. The van der Waals surface area contributed by atoms with Crippen molar-refractivity contribution in [2.75, 3.05) is 38.2 Å². The monoisotopic (exact) mass is 356 g/mol. The first kappa shape index (κ1) is 18.0. The second-order valence-corrected chi connectivity index (χ2v) is 6.22. The maximum atomic E-state index is 13.1. The van der Waals surface area contributed by atoms with Crippen molar-refractivity contribution in [1.29, 1.82) is 0 Å². The van der Waals surface area contributed by atoms with Gasteiger partial charge in [-0.2, -0.15) is 0 Å². The van der Waals surface area contributed by atoms with Crippen LogP contribution in [0.25, 0.3) is 0 Å². The Morgan fingerprint density at radius 2 is 2.08 bits per heavy atom. The zero-order chi connectivity index (χ0) is 18.2. The van der Waals surface area contributed by atoms with Gasteiger partial charge in [0, 0.05) is 37.9 Å². The number of aliphatic imine (C=N–C) groups is 1. The quantitative estimate of drug-likeness (QED) is 0.475. The van der Waals surface area contributed by atoms with Crippen molar-refractivity contribution in [3.63, 3.8) is 0 Å². The van der Waals surface area contributed by atoms with Gasteiger partial charge in [-0.1, -0.05) is 24.3 Å². The molecule has 1 aliphatic rings. The van der Waals surface area contributed by atoms with Crippen molar-refractivity contribution >= 4 is 11.6 Å². The maximum absolute atomic E-state index is 13.1. The van der Waals surface area contributed by atoms with Gasteiger partial charge in [0.05, 0.1) is 6.54 Å². The Morgan fingerprint density at radius 1 is 1.23 bits per heavy atom. The minimum atomic E-state index is -0.294. The molecule has 1 atom stereocenters. The number of nitrogens with one attached hydrogen (secondary N) is 2. The van der Waals surface area contributed by atoms with Crippen molar-refractivity contribution in [2.24, 2.45) is 4.99 Å². The van der Waals surface area contributed by atoms with Gasteiger partial charge in [0.2, 0.25) is 0 Å². The molecule has 0 radical (unpaired) electrons. The predicted octanol–water partition coefficient (Wildman–Crippen LogP) is 2.65. The molecule has 0 spiro atoms. The summed E-state index contributed by atoms with van der Waals surface area (Å²) in [6.45, 7) is 3.00. The number of anilines is 1. The smallest absolute Gasteiger partial charge is 0.191 e. The molecule has 6 heteroatoms. The van der Waals surface area contributed by atoms with Gasteiger partial charge >= 0.3 is 0 Å². The molecule has 0 aliphatic carbocycles. The largest absolute Gasteiger partial charge is 0.492 e. The van der Waals surface area contributed by atoms with E-state index in [0.717, 1.165) is 25.5 Å². The van der Waals surface area contributed by atoms with E-state index in [1.165, 1.54) is 17.8 Å². The van der Waals surface area contributed by atoms with Gasteiger partial charge in [0.25, 0.3) is 0 Å². The Labute approximate surface area is 153 Å². The highest BCUT2D eigenvalue weighted by molar-refractivity contribution is 5.80. The summed E-state index contributed by atoms with van der Waals surface area (Å²) in [6.07, 6.45) is 1.06. The molecule has 0 aromatic heterocycles. The molecule has 26 heavy (non-hydrogen) atoms. The van der Waals surface area contributed by atoms with Crippen molar-refractivity contribution < 1.29 is 9.13 Å². The number of rotatable bonds is 6. The first-order chi connectivity index (χ1) is 12.7. The second-order valence-electron chi connectivity index (χ2n) is 6.22. The Morgan fingerprint density at radius 3 is 2.85 bits per heavy atom. The lowest BCUT2D eigenvalue weighted by Gasteiger charge is -2.20. The third-order valence-electron chi connectivity index (χ3n) is 4.33. The highest BCUT2D eigenvalue weighted by Crippen LogP contribution is 2.19. The third kappa shape index (κ3) is 5.12. The molecule has 0 amide bonds. The van der Waals surface area contributed by atoms with Crippen molar-refractivity contribution in [2.45, 2.75) is 12.5 Å². The summed E-state index contributed by atoms with van der Waals surface area (Å²) in [5.41, 5.74) is 1.25. The summed E-state index contributed by atoms with van der Waals surface area (Å²) in [6, 6.07) is 17.0. The number of benzene rings is 2. The molecule has 0 bridgehead atoms. The molecule has 138 valence electrons. The second kappa shape index (κ2) is 9.08. The number of ether oxygens (including phenoxy) is 1. The van der Waals surface area contributed by atoms with Gasteiger partial charge in [-0.15, -0.1) is 0 Å². The normalized spacial score (nSPS) is 17.2. The van der Waals surface area contributed by atoms with Crippen molar-refractivity contribution in [3.05, 3.63) is 60.4 Å². The zero-order valence-electron chi connectivity index (χ0n) is 15.0. The lowest BCUT2D eigenvalue weighted by Crippen LogP contribution is -2.45. The molecule has 5 nitrogen and oxygen atoms in total. The summed E-state index contributed by atoms with van der Waals surface area (Å²) in [7, 11) is 1.76. The fourth-order valence-electron chi connectivity index (χ4n) is 3.03.